The molecule has 54 heavy (non-hydrogen) atoms. The van der Waals surface area contributed by atoms with Gasteiger partial charge in [-0.2, -0.15) is 0 Å². The molecule has 0 unspecified atom stereocenters. The lowest BCUT2D eigenvalue weighted by Crippen LogP contribution is -2.11. The lowest BCUT2D eigenvalue weighted by molar-refractivity contribution is 1.18. The molecule has 10 rings (SSSR count). The normalized spacial score (nSPS) is 11.3. The van der Waals surface area contributed by atoms with Crippen molar-refractivity contribution in [2.24, 2.45) is 0 Å². The first kappa shape index (κ1) is 31.6. The van der Waals surface area contributed by atoms with Gasteiger partial charge in [-0.3, -0.25) is 0 Å². The predicted molar refractivity (Wildman–Crippen MR) is 229 cm³/mol. The molecule has 9 aromatic carbocycles. The smallest absolute Gasteiger partial charge is 0.0561 e. The van der Waals surface area contributed by atoms with Crippen LogP contribution in [0.5, 0.6) is 0 Å². The van der Waals surface area contributed by atoms with Crippen LogP contribution in [0.3, 0.4) is 0 Å². The number of rotatable bonds is 7. The van der Waals surface area contributed by atoms with E-state index in [9.17, 15) is 0 Å². The molecule has 10 aromatic rings. The molecule has 0 radical (unpaired) electrons. The molecule has 0 fully saturated rings. The molecule has 1 aromatic heterocycles. The second-order valence-corrected chi connectivity index (χ2v) is 13.8. The summed E-state index contributed by atoms with van der Waals surface area (Å²) in [6, 6.07) is 79.0. The number of para-hydroxylation sites is 2. The Morgan fingerprint density at radius 3 is 1.50 bits per heavy atom. The summed E-state index contributed by atoms with van der Waals surface area (Å²) in [5.74, 6) is 0. The molecule has 0 saturated carbocycles. The Hall–Kier alpha value is -7.16. The molecule has 0 bridgehead atoms. The topological polar surface area (TPSA) is 8.17 Å². The van der Waals surface area contributed by atoms with Crippen LogP contribution < -0.4 is 4.90 Å². The molecule has 0 N–H and O–H groups in total. The lowest BCUT2D eigenvalue weighted by Gasteiger charge is -2.29. The van der Waals surface area contributed by atoms with Gasteiger partial charge in [0, 0.05) is 33.4 Å². The average Bonchev–Trinajstić information content (AvgIpc) is 3.58. The van der Waals surface area contributed by atoms with Crippen LogP contribution in [0.15, 0.2) is 218 Å². The molecule has 0 spiro atoms. The average molecular weight is 689 g/mol. The first-order chi connectivity index (χ1) is 26.8. The largest absolute Gasteiger partial charge is 0.310 e. The van der Waals surface area contributed by atoms with Crippen LogP contribution in [0.1, 0.15) is 0 Å². The van der Waals surface area contributed by atoms with Gasteiger partial charge in [0.15, 0.2) is 0 Å². The van der Waals surface area contributed by atoms with Crippen LogP contribution in [0.25, 0.3) is 71.6 Å². The van der Waals surface area contributed by atoms with E-state index in [1.807, 2.05) is 0 Å². The van der Waals surface area contributed by atoms with Crippen LogP contribution >= 0.6 is 0 Å². The van der Waals surface area contributed by atoms with Crippen molar-refractivity contribution in [1.82, 2.24) is 4.57 Å². The molecule has 0 aliphatic heterocycles. The van der Waals surface area contributed by atoms with Gasteiger partial charge in [-0.1, -0.05) is 164 Å². The Labute approximate surface area is 315 Å². The zero-order valence-electron chi connectivity index (χ0n) is 29.7. The van der Waals surface area contributed by atoms with Gasteiger partial charge in [-0.15, -0.1) is 0 Å². The molecule has 2 heteroatoms. The summed E-state index contributed by atoms with van der Waals surface area (Å²) >= 11 is 0. The minimum atomic E-state index is 1.09. The van der Waals surface area contributed by atoms with Gasteiger partial charge in [-0.25, -0.2) is 0 Å². The van der Waals surface area contributed by atoms with Crippen LogP contribution in [0, 0.1) is 0 Å². The van der Waals surface area contributed by atoms with Gasteiger partial charge in [0.1, 0.15) is 0 Å². The van der Waals surface area contributed by atoms with E-state index < -0.39 is 0 Å². The SMILES string of the molecule is c1ccc(-c2ccccc2-c2ccc(N(c3ccc4c5ccccc5n(-c5ccccc5)c4c3)c3cc4ccccc4cc3-c3ccccc3)cc2)cc1. The standard InChI is InChI=1S/C52H36N2/c1-4-16-37(17-5-1)45-24-12-13-25-46(45)39-28-30-43(31-29-39)53(51-35-41-21-11-10-20-40(41)34-49(51)38-18-6-2-7-19-38)44-32-33-48-47-26-14-15-27-50(47)54(52(48)36-44)42-22-8-3-9-23-42/h1-36H. The number of nitrogens with zero attached hydrogens (tertiary/aromatic N) is 2. The maximum Gasteiger partial charge on any atom is 0.0561 e. The Morgan fingerprint density at radius 2 is 0.815 bits per heavy atom. The quantitative estimate of drug-likeness (QED) is 0.162. The predicted octanol–water partition coefficient (Wildman–Crippen LogP) is 14.4. The summed E-state index contributed by atoms with van der Waals surface area (Å²) in [4.78, 5) is 2.44. The van der Waals surface area contributed by atoms with Crippen molar-refractivity contribution in [3.05, 3.63) is 218 Å². The maximum absolute atomic E-state index is 2.44. The van der Waals surface area contributed by atoms with Gasteiger partial charge in [-0.05, 0) is 93.2 Å². The van der Waals surface area contributed by atoms with Crippen molar-refractivity contribution < 1.29 is 0 Å². The zero-order chi connectivity index (χ0) is 35.8. The van der Waals surface area contributed by atoms with Crippen molar-refractivity contribution in [1.29, 1.82) is 0 Å². The molecule has 2 nitrogen and oxygen atoms in total. The number of fused-ring (bicyclic) bond motifs is 4. The van der Waals surface area contributed by atoms with E-state index in [0.29, 0.717) is 0 Å². The van der Waals surface area contributed by atoms with Crippen LogP contribution in [-0.4, -0.2) is 4.57 Å². The number of hydrogen-bond donors (Lipinski definition) is 0. The van der Waals surface area contributed by atoms with E-state index in [-0.39, 0.29) is 0 Å². The minimum absolute atomic E-state index is 1.09. The maximum atomic E-state index is 2.44. The van der Waals surface area contributed by atoms with Crippen molar-refractivity contribution in [3.8, 4) is 39.1 Å². The number of hydrogen-bond acceptors (Lipinski definition) is 1. The molecule has 0 aliphatic carbocycles. The molecule has 0 amide bonds. The second-order valence-electron chi connectivity index (χ2n) is 13.8. The van der Waals surface area contributed by atoms with Gasteiger partial charge in [0.25, 0.3) is 0 Å². The van der Waals surface area contributed by atoms with E-state index >= 15 is 0 Å². The summed E-state index contributed by atoms with van der Waals surface area (Å²) < 4.78 is 2.40. The number of anilines is 3. The number of benzene rings is 9. The molecular weight excluding hydrogens is 653 g/mol. The zero-order valence-corrected chi connectivity index (χ0v) is 29.7. The summed E-state index contributed by atoms with van der Waals surface area (Å²) in [6.07, 6.45) is 0. The molecular formula is C52H36N2. The van der Waals surface area contributed by atoms with Crippen LogP contribution in [-0.2, 0) is 0 Å². The highest BCUT2D eigenvalue weighted by molar-refractivity contribution is 6.11. The van der Waals surface area contributed by atoms with E-state index in [0.717, 1.165) is 22.7 Å². The highest BCUT2D eigenvalue weighted by Crippen LogP contribution is 2.45. The third-order valence-corrected chi connectivity index (χ3v) is 10.6. The minimum Gasteiger partial charge on any atom is -0.310 e. The van der Waals surface area contributed by atoms with E-state index in [4.69, 9.17) is 0 Å². The highest BCUT2D eigenvalue weighted by atomic mass is 15.1. The fourth-order valence-corrected chi connectivity index (χ4v) is 8.04. The molecule has 0 saturated heterocycles. The Bertz CT molecular complexity index is 2910. The molecule has 1 heterocycles. The van der Waals surface area contributed by atoms with E-state index in [1.165, 1.54) is 66.0 Å². The summed E-state index contributed by atoms with van der Waals surface area (Å²) in [5, 5.41) is 4.89. The van der Waals surface area contributed by atoms with Crippen molar-refractivity contribution in [2.45, 2.75) is 0 Å². The van der Waals surface area contributed by atoms with E-state index in [1.54, 1.807) is 0 Å². The summed E-state index contributed by atoms with van der Waals surface area (Å²) in [5.41, 5.74) is 14.0. The fraction of sp³-hybridized carbons (Fsp3) is 0. The second kappa shape index (κ2) is 13.4. The highest BCUT2D eigenvalue weighted by Gasteiger charge is 2.21. The van der Waals surface area contributed by atoms with Gasteiger partial charge >= 0.3 is 0 Å². The Balaban J connectivity index is 1.22. The Morgan fingerprint density at radius 1 is 0.315 bits per heavy atom. The van der Waals surface area contributed by atoms with Crippen LogP contribution in [0.2, 0.25) is 0 Å². The first-order valence-electron chi connectivity index (χ1n) is 18.5. The first-order valence-corrected chi connectivity index (χ1v) is 18.5. The van der Waals surface area contributed by atoms with E-state index in [2.05, 4.69) is 228 Å². The van der Waals surface area contributed by atoms with Crippen molar-refractivity contribution in [3.63, 3.8) is 0 Å². The van der Waals surface area contributed by atoms with Crippen molar-refractivity contribution >= 4 is 49.6 Å². The molecule has 0 atom stereocenters. The van der Waals surface area contributed by atoms with Gasteiger partial charge in [0.2, 0.25) is 0 Å². The molecule has 254 valence electrons. The van der Waals surface area contributed by atoms with Crippen LogP contribution in [0.4, 0.5) is 17.1 Å². The summed E-state index contributed by atoms with van der Waals surface area (Å²) in [6.45, 7) is 0. The lowest BCUT2D eigenvalue weighted by atomic mass is 9.94. The Kier molecular flexibility index (Phi) is 7.85. The van der Waals surface area contributed by atoms with Crippen molar-refractivity contribution in [2.75, 3.05) is 4.90 Å². The van der Waals surface area contributed by atoms with Gasteiger partial charge in [0.05, 0.1) is 16.7 Å². The van der Waals surface area contributed by atoms with Gasteiger partial charge < -0.3 is 9.47 Å². The third kappa shape index (κ3) is 5.53. The monoisotopic (exact) mass is 688 g/mol. The number of aromatic nitrogens is 1. The summed E-state index contributed by atoms with van der Waals surface area (Å²) in [7, 11) is 0. The fourth-order valence-electron chi connectivity index (χ4n) is 8.04. The molecule has 0 aliphatic rings. The third-order valence-electron chi connectivity index (χ3n) is 10.6.